The van der Waals surface area contributed by atoms with E-state index in [0.717, 1.165) is 32.7 Å². The van der Waals surface area contributed by atoms with Crippen LogP contribution in [0.2, 0.25) is 0 Å². The van der Waals surface area contributed by atoms with Gasteiger partial charge in [0.15, 0.2) is 0 Å². The van der Waals surface area contributed by atoms with Crippen molar-refractivity contribution in [3.8, 4) is 0 Å². The summed E-state index contributed by atoms with van der Waals surface area (Å²) in [6, 6.07) is 0.509. The summed E-state index contributed by atoms with van der Waals surface area (Å²) < 4.78 is 0. The van der Waals surface area contributed by atoms with E-state index in [0.29, 0.717) is 0 Å². The second-order valence-corrected chi connectivity index (χ2v) is 5.95. The van der Waals surface area contributed by atoms with Crippen LogP contribution in [-0.4, -0.2) is 60.1 Å². The Bertz CT molecular complexity index is 213. The van der Waals surface area contributed by atoms with Gasteiger partial charge in [-0.05, 0) is 27.7 Å². The average molecular weight is 228 g/mol. The van der Waals surface area contributed by atoms with Crippen LogP contribution in [0.3, 0.4) is 0 Å². The van der Waals surface area contributed by atoms with Gasteiger partial charge in [-0.25, -0.2) is 0 Å². The van der Waals surface area contributed by atoms with Crippen LogP contribution >= 0.6 is 0 Å². The zero-order valence-corrected chi connectivity index (χ0v) is 11.2. The lowest BCUT2D eigenvalue weighted by Gasteiger charge is -2.48. The van der Waals surface area contributed by atoms with Gasteiger partial charge in [-0.15, -0.1) is 0 Å². The molecule has 16 heavy (non-hydrogen) atoms. The topological polar surface area (TPSA) is 58.5 Å². The fourth-order valence-electron chi connectivity index (χ4n) is 2.54. The number of hydrogen-bond acceptors (Lipinski definition) is 4. The third kappa shape index (κ3) is 4.01. The summed E-state index contributed by atoms with van der Waals surface area (Å²) in [5.41, 5.74) is 11.9. The Balaban J connectivity index is 2.51. The van der Waals surface area contributed by atoms with Crippen molar-refractivity contribution in [1.29, 1.82) is 0 Å². The molecular formula is C12H28N4. The smallest absolute Gasteiger partial charge is 0.0281 e. The van der Waals surface area contributed by atoms with E-state index in [1.807, 2.05) is 0 Å². The average Bonchev–Trinajstić information content (AvgIpc) is 2.07. The number of hydrogen-bond donors (Lipinski definition) is 2. The first kappa shape index (κ1) is 13.9. The molecule has 96 valence electrons. The molecule has 4 nitrogen and oxygen atoms in total. The molecule has 0 radical (unpaired) electrons. The molecule has 0 aromatic rings. The quantitative estimate of drug-likeness (QED) is 0.715. The SMILES string of the molecule is CC(N)CN1CCN(CC(C)N)C(C)(C)C1. The normalized spacial score (nSPS) is 26.6. The summed E-state index contributed by atoms with van der Waals surface area (Å²) in [5, 5.41) is 0. The first-order valence-electron chi connectivity index (χ1n) is 6.30. The molecule has 0 saturated carbocycles. The van der Waals surface area contributed by atoms with Crippen LogP contribution in [0.15, 0.2) is 0 Å². The van der Waals surface area contributed by atoms with Gasteiger partial charge in [-0.2, -0.15) is 0 Å². The van der Waals surface area contributed by atoms with Crippen molar-refractivity contribution in [3.05, 3.63) is 0 Å². The largest absolute Gasteiger partial charge is 0.327 e. The molecule has 1 rings (SSSR count). The summed E-state index contributed by atoms with van der Waals surface area (Å²) >= 11 is 0. The van der Waals surface area contributed by atoms with Crippen molar-refractivity contribution in [2.24, 2.45) is 11.5 Å². The van der Waals surface area contributed by atoms with Crippen molar-refractivity contribution < 1.29 is 0 Å². The van der Waals surface area contributed by atoms with Crippen molar-refractivity contribution in [1.82, 2.24) is 9.80 Å². The first-order chi connectivity index (χ1) is 7.31. The predicted octanol–water partition coefficient (Wildman–Crippen LogP) is 0.0770. The molecule has 1 aliphatic heterocycles. The van der Waals surface area contributed by atoms with Gasteiger partial charge in [0, 0.05) is 50.3 Å². The minimum atomic E-state index is 0.209. The highest BCUT2D eigenvalue weighted by Crippen LogP contribution is 2.20. The third-order valence-electron chi connectivity index (χ3n) is 3.21. The molecule has 1 saturated heterocycles. The molecule has 0 aromatic carbocycles. The van der Waals surface area contributed by atoms with Crippen LogP contribution in [0.4, 0.5) is 0 Å². The van der Waals surface area contributed by atoms with E-state index < -0.39 is 0 Å². The van der Waals surface area contributed by atoms with Gasteiger partial charge in [-0.3, -0.25) is 9.80 Å². The van der Waals surface area contributed by atoms with E-state index >= 15 is 0 Å². The summed E-state index contributed by atoms with van der Waals surface area (Å²) in [7, 11) is 0. The fourth-order valence-corrected chi connectivity index (χ4v) is 2.54. The van der Waals surface area contributed by atoms with Crippen molar-refractivity contribution in [2.45, 2.75) is 45.3 Å². The zero-order chi connectivity index (χ0) is 12.3. The molecule has 2 unspecified atom stereocenters. The second kappa shape index (κ2) is 5.45. The lowest BCUT2D eigenvalue weighted by atomic mass is 9.97. The first-order valence-corrected chi connectivity index (χ1v) is 6.30. The van der Waals surface area contributed by atoms with Crippen molar-refractivity contribution >= 4 is 0 Å². The molecule has 0 amide bonds. The van der Waals surface area contributed by atoms with Crippen LogP contribution in [0, 0.1) is 0 Å². The lowest BCUT2D eigenvalue weighted by molar-refractivity contribution is 0.0154. The highest BCUT2D eigenvalue weighted by molar-refractivity contribution is 4.91. The highest BCUT2D eigenvalue weighted by atomic mass is 15.3. The standard InChI is InChI=1S/C12H28N4/c1-10(13)7-15-5-6-16(8-11(2)14)12(3,4)9-15/h10-11H,5-9,13-14H2,1-4H3. The Kier molecular flexibility index (Phi) is 4.73. The Hall–Kier alpha value is -0.160. The van der Waals surface area contributed by atoms with Gasteiger partial charge < -0.3 is 11.5 Å². The lowest BCUT2D eigenvalue weighted by Crippen LogP contribution is -2.62. The van der Waals surface area contributed by atoms with E-state index in [-0.39, 0.29) is 17.6 Å². The molecule has 0 aromatic heterocycles. The molecule has 0 bridgehead atoms. The maximum atomic E-state index is 5.88. The molecule has 4 heteroatoms. The molecule has 2 atom stereocenters. The van der Waals surface area contributed by atoms with Gasteiger partial charge in [0.1, 0.15) is 0 Å². The molecule has 0 spiro atoms. The fraction of sp³-hybridized carbons (Fsp3) is 1.00. The minimum Gasteiger partial charge on any atom is -0.327 e. The molecule has 4 N–H and O–H groups in total. The van der Waals surface area contributed by atoms with E-state index in [9.17, 15) is 0 Å². The number of nitrogens with zero attached hydrogens (tertiary/aromatic N) is 2. The summed E-state index contributed by atoms with van der Waals surface area (Å²) in [6.07, 6.45) is 0. The van der Waals surface area contributed by atoms with E-state index in [1.165, 1.54) is 0 Å². The molecule has 1 fully saturated rings. The Morgan fingerprint density at radius 2 is 1.62 bits per heavy atom. The van der Waals surface area contributed by atoms with Crippen LogP contribution in [0.1, 0.15) is 27.7 Å². The number of piperazine rings is 1. The third-order valence-corrected chi connectivity index (χ3v) is 3.21. The Morgan fingerprint density at radius 3 is 2.06 bits per heavy atom. The molecule has 1 aliphatic rings. The van der Waals surface area contributed by atoms with E-state index in [2.05, 4.69) is 37.5 Å². The minimum absolute atomic E-state index is 0.209. The summed E-state index contributed by atoms with van der Waals surface area (Å²) in [4.78, 5) is 4.96. The van der Waals surface area contributed by atoms with Crippen molar-refractivity contribution in [2.75, 3.05) is 32.7 Å². The number of rotatable bonds is 4. The van der Waals surface area contributed by atoms with Crippen molar-refractivity contribution in [3.63, 3.8) is 0 Å². The summed E-state index contributed by atoms with van der Waals surface area (Å²) in [5.74, 6) is 0. The van der Waals surface area contributed by atoms with E-state index in [4.69, 9.17) is 11.5 Å². The number of nitrogens with two attached hydrogens (primary N) is 2. The molecular weight excluding hydrogens is 200 g/mol. The second-order valence-electron chi connectivity index (χ2n) is 5.95. The van der Waals surface area contributed by atoms with Gasteiger partial charge >= 0.3 is 0 Å². The molecule has 0 aliphatic carbocycles. The highest BCUT2D eigenvalue weighted by Gasteiger charge is 2.33. The van der Waals surface area contributed by atoms with Crippen LogP contribution < -0.4 is 11.5 Å². The zero-order valence-electron chi connectivity index (χ0n) is 11.2. The Morgan fingerprint density at radius 1 is 1.06 bits per heavy atom. The van der Waals surface area contributed by atoms with Crippen LogP contribution in [-0.2, 0) is 0 Å². The molecule has 1 heterocycles. The van der Waals surface area contributed by atoms with Crippen LogP contribution in [0.5, 0.6) is 0 Å². The van der Waals surface area contributed by atoms with Gasteiger partial charge in [0.05, 0.1) is 0 Å². The predicted molar refractivity (Wildman–Crippen MR) is 69.4 cm³/mol. The maximum absolute atomic E-state index is 5.88. The van der Waals surface area contributed by atoms with Gasteiger partial charge in [-0.1, -0.05) is 0 Å². The van der Waals surface area contributed by atoms with Gasteiger partial charge in [0.2, 0.25) is 0 Å². The van der Waals surface area contributed by atoms with E-state index in [1.54, 1.807) is 0 Å². The van der Waals surface area contributed by atoms with Gasteiger partial charge in [0.25, 0.3) is 0 Å². The maximum Gasteiger partial charge on any atom is 0.0281 e. The monoisotopic (exact) mass is 228 g/mol. The Labute approximate surface area is 99.9 Å². The summed E-state index contributed by atoms with van der Waals surface area (Å²) in [6.45, 7) is 14.0. The van der Waals surface area contributed by atoms with Crippen LogP contribution in [0.25, 0.3) is 0 Å².